The van der Waals surface area contributed by atoms with E-state index in [1.54, 1.807) is 0 Å². The van der Waals surface area contributed by atoms with Crippen molar-refractivity contribution in [3.8, 4) is 0 Å². The molecule has 1 aliphatic carbocycles. The summed E-state index contributed by atoms with van der Waals surface area (Å²) in [4.78, 5) is 6.87. The zero-order valence-electron chi connectivity index (χ0n) is 14.7. The Hall–Kier alpha value is -0.600. The quantitative estimate of drug-likeness (QED) is 0.270. The maximum absolute atomic E-state index is 4.42. The van der Waals surface area contributed by atoms with Gasteiger partial charge in [-0.1, -0.05) is 34.1 Å². The van der Waals surface area contributed by atoms with Gasteiger partial charge >= 0.3 is 0 Å². The fourth-order valence-electron chi connectivity index (χ4n) is 3.42. The van der Waals surface area contributed by atoms with Crippen LogP contribution in [0.1, 0.15) is 30.7 Å². The molecule has 2 unspecified atom stereocenters. The summed E-state index contributed by atoms with van der Waals surface area (Å²) in [6.45, 7) is 7.08. The van der Waals surface area contributed by atoms with Gasteiger partial charge in [0.05, 0.1) is 0 Å². The highest BCUT2D eigenvalue weighted by Crippen LogP contribution is 2.41. The molecule has 0 amide bonds. The van der Waals surface area contributed by atoms with E-state index in [-0.39, 0.29) is 24.0 Å². The summed E-state index contributed by atoms with van der Waals surface area (Å²) in [5.41, 5.74) is 1.41. The molecule has 1 aliphatic heterocycles. The third-order valence-electron chi connectivity index (χ3n) is 4.95. The lowest BCUT2D eigenvalue weighted by atomic mass is 10.1. The Morgan fingerprint density at radius 2 is 1.96 bits per heavy atom. The maximum atomic E-state index is 4.42. The number of hydrogen-bond donors (Lipinski definition) is 2. The van der Waals surface area contributed by atoms with E-state index >= 15 is 0 Å². The molecule has 6 heteroatoms. The number of guanidine groups is 1. The lowest BCUT2D eigenvalue weighted by Gasteiger charge is -2.32. The summed E-state index contributed by atoms with van der Waals surface area (Å²) in [7, 11) is 1.86. The van der Waals surface area contributed by atoms with Gasteiger partial charge in [-0.25, -0.2) is 0 Å². The van der Waals surface area contributed by atoms with Crippen LogP contribution in [0.2, 0.25) is 0 Å². The van der Waals surface area contributed by atoms with Crippen molar-refractivity contribution >= 4 is 45.9 Å². The predicted molar refractivity (Wildman–Crippen MR) is 120 cm³/mol. The van der Waals surface area contributed by atoms with E-state index in [4.69, 9.17) is 0 Å². The number of aliphatic imine (C=N–C) groups is 1. The fourth-order valence-corrected chi connectivity index (χ4v) is 3.68. The molecule has 1 aromatic carbocycles. The molecule has 2 fully saturated rings. The molecule has 0 bridgehead atoms. The first-order chi connectivity index (χ1) is 11.7. The Kier molecular flexibility index (Phi) is 8.22. The van der Waals surface area contributed by atoms with Crippen molar-refractivity contribution in [1.82, 2.24) is 15.5 Å². The molecule has 2 N–H and O–H groups in total. The van der Waals surface area contributed by atoms with Gasteiger partial charge in [0.2, 0.25) is 0 Å². The number of hydrogen-bond acceptors (Lipinski definition) is 2. The van der Waals surface area contributed by atoms with Gasteiger partial charge in [0.25, 0.3) is 0 Å². The van der Waals surface area contributed by atoms with Crippen LogP contribution in [0.25, 0.3) is 0 Å². The zero-order valence-corrected chi connectivity index (χ0v) is 18.7. The smallest absolute Gasteiger partial charge is 0.191 e. The van der Waals surface area contributed by atoms with E-state index in [2.05, 4.69) is 67.3 Å². The average molecular weight is 519 g/mol. The molecule has 1 heterocycles. The maximum Gasteiger partial charge on any atom is 0.191 e. The van der Waals surface area contributed by atoms with Crippen LogP contribution in [-0.4, -0.2) is 49.6 Å². The predicted octanol–water partition coefficient (Wildman–Crippen LogP) is 3.74. The normalized spacial score (nSPS) is 24.3. The minimum Gasteiger partial charge on any atom is -0.354 e. The summed E-state index contributed by atoms with van der Waals surface area (Å²) in [5, 5.41) is 7.18. The van der Waals surface area contributed by atoms with E-state index < -0.39 is 0 Å². The SMILES string of the molecule is C=CCN1CCC(NC(=NC)NC2CC2c2ccc(Br)cc2)CC1.I. The largest absolute Gasteiger partial charge is 0.354 e. The highest BCUT2D eigenvalue weighted by molar-refractivity contribution is 14.0. The first-order valence-corrected chi connectivity index (χ1v) is 9.57. The highest BCUT2D eigenvalue weighted by atomic mass is 127. The van der Waals surface area contributed by atoms with Crippen molar-refractivity contribution in [1.29, 1.82) is 0 Å². The van der Waals surface area contributed by atoms with Crippen LogP contribution in [0.3, 0.4) is 0 Å². The van der Waals surface area contributed by atoms with E-state index in [1.165, 1.54) is 12.0 Å². The molecule has 0 radical (unpaired) electrons. The number of nitrogens with zero attached hydrogens (tertiary/aromatic N) is 2. The van der Waals surface area contributed by atoms with E-state index in [0.717, 1.165) is 42.9 Å². The molecule has 2 aliphatic rings. The van der Waals surface area contributed by atoms with Gasteiger partial charge in [0, 0.05) is 49.2 Å². The van der Waals surface area contributed by atoms with Gasteiger partial charge < -0.3 is 10.6 Å². The molecule has 1 aromatic rings. The van der Waals surface area contributed by atoms with E-state index in [1.807, 2.05) is 13.1 Å². The molecular formula is C19H28BrIN4. The number of benzene rings is 1. The van der Waals surface area contributed by atoms with Gasteiger partial charge in [0.1, 0.15) is 0 Å². The average Bonchev–Trinajstić information content (AvgIpc) is 3.36. The van der Waals surface area contributed by atoms with Crippen LogP contribution < -0.4 is 10.6 Å². The Morgan fingerprint density at radius 1 is 1.28 bits per heavy atom. The summed E-state index contributed by atoms with van der Waals surface area (Å²) in [5.74, 6) is 1.55. The third kappa shape index (κ3) is 5.96. The molecule has 1 saturated heterocycles. The Morgan fingerprint density at radius 3 is 2.56 bits per heavy atom. The molecule has 25 heavy (non-hydrogen) atoms. The lowest BCUT2D eigenvalue weighted by Crippen LogP contribution is -2.49. The lowest BCUT2D eigenvalue weighted by molar-refractivity contribution is 0.225. The van der Waals surface area contributed by atoms with Crippen molar-refractivity contribution in [2.24, 2.45) is 4.99 Å². The second kappa shape index (κ2) is 9.92. The standard InChI is InChI=1S/C19H27BrN4.HI/c1-3-10-24-11-8-16(9-12-24)22-19(21-2)23-18-13-17(18)14-4-6-15(20)7-5-14;/h3-7,16-18H,1,8-13H2,2H3,(H2,21,22,23);1H. The molecular weight excluding hydrogens is 491 g/mol. The fraction of sp³-hybridized carbons (Fsp3) is 0.526. The summed E-state index contributed by atoms with van der Waals surface area (Å²) >= 11 is 3.50. The van der Waals surface area contributed by atoms with Gasteiger partial charge in [-0.2, -0.15) is 0 Å². The molecule has 0 spiro atoms. The van der Waals surface area contributed by atoms with Crippen molar-refractivity contribution in [3.63, 3.8) is 0 Å². The zero-order chi connectivity index (χ0) is 16.9. The number of halogens is 2. The van der Waals surface area contributed by atoms with Gasteiger partial charge in [-0.15, -0.1) is 30.6 Å². The third-order valence-corrected chi connectivity index (χ3v) is 5.48. The van der Waals surface area contributed by atoms with Crippen molar-refractivity contribution in [2.45, 2.75) is 37.3 Å². The van der Waals surface area contributed by atoms with Crippen molar-refractivity contribution in [3.05, 3.63) is 47.0 Å². The molecule has 0 aromatic heterocycles. The van der Waals surface area contributed by atoms with Crippen LogP contribution >= 0.6 is 39.9 Å². The van der Waals surface area contributed by atoms with Gasteiger partial charge in [-0.3, -0.25) is 9.89 Å². The Balaban J connectivity index is 0.00000225. The van der Waals surface area contributed by atoms with Crippen molar-refractivity contribution < 1.29 is 0 Å². The topological polar surface area (TPSA) is 39.7 Å². The first-order valence-electron chi connectivity index (χ1n) is 8.78. The second-order valence-corrected chi connectivity index (χ2v) is 7.64. The molecule has 2 atom stereocenters. The van der Waals surface area contributed by atoms with Gasteiger partial charge in [0.15, 0.2) is 5.96 Å². The molecule has 3 rings (SSSR count). The number of likely N-dealkylation sites (tertiary alicyclic amines) is 1. The minimum absolute atomic E-state index is 0. The molecule has 4 nitrogen and oxygen atoms in total. The Bertz CT molecular complexity index is 582. The first kappa shape index (κ1) is 20.7. The number of rotatable bonds is 5. The minimum atomic E-state index is 0. The van der Waals surface area contributed by atoms with Crippen LogP contribution in [0.15, 0.2) is 46.4 Å². The number of nitrogens with one attached hydrogen (secondary N) is 2. The summed E-state index contributed by atoms with van der Waals surface area (Å²) in [6.07, 6.45) is 5.49. The van der Waals surface area contributed by atoms with E-state index in [0.29, 0.717) is 18.0 Å². The van der Waals surface area contributed by atoms with E-state index in [9.17, 15) is 0 Å². The number of piperidine rings is 1. The van der Waals surface area contributed by atoms with Gasteiger partial charge in [-0.05, 0) is 37.0 Å². The molecule has 1 saturated carbocycles. The van der Waals surface area contributed by atoms with Crippen LogP contribution in [0, 0.1) is 0 Å². The Labute approximate surface area is 176 Å². The second-order valence-electron chi connectivity index (χ2n) is 6.72. The monoisotopic (exact) mass is 518 g/mol. The van der Waals surface area contributed by atoms with Crippen LogP contribution in [-0.2, 0) is 0 Å². The van der Waals surface area contributed by atoms with Crippen LogP contribution in [0.4, 0.5) is 0 Å². The van der Waals surface area contributed by atoms with Crippen molar-refractivity contribution in [2.75, 3.05) is 26.7 Å². The summed E-state index contributed by atoms with van der Waals surface area (Å²) in [6, 6.07) is 9.67. The highest BCUT2D eigenvalue weighted by Gasteiger charge is 2.39. The van der Waals surface area contributed by atoms with Crippen LogP contribution in [0.5, 0.6) is 0 Å². The summed E-state index contributed by atoms with van der Waals surface area (Å²) < 4.78 is 1.14. The molecule has 138 valence electrons.